The van der Waals surface area contributed by atoms with Gasteiger partial charge >= 0.3 is 0 Å². The fourth-order valence-electron chi connectivity index (χ4n) is 4.68. The number of aromatic nitrogens is 4. The van der Waals surface area contributed by atoms with Gasteiger partial charge in [0.2, 0.25) is 10.0 Å². The van der Waals surface area contributed by atoms with Crippen molar-refractivity contribution >= 4 is 32.1 Å². The standard InChI is InChI=1S/C16H19N5O2S/c1-24(22,23)21-10-2-3-11(21)7-12(6-10)20-9-19-14-8-18-16-13(15(14)20)4-5-17-16/h4-5,8-12H,2-3,6-7H2,1H3,(H,17,18). The Labute approximate surface area is 139 Å². The van der Waals surface area contributed by atoms with Crippen LogP contribution in [0.3, 0.4) is 0 Å². The van der Waals surface area contributed by atoms with Gasteiger partial charge in [0.25, 0.3) is 0 Å². The number of fused-ring (bicyclic) bond motifs is 5. The van der Waals surface area contributed by atoms with Crippen LogP contribution in [0.25, 0.3) is 22.1 Å². The molecule has 2 aliphatic heterocycles. The van der Waals surface area contributed by atoms with Crippen molar-refractivity contribution < 1.29 is 8.42 Å². The van der Waals surface area contributed by atoms with Crippen molar-refractivity contribution in [1.29, 1.82) is 0 Å². The zero-order valence-corrected chi connectivity index (χ0v) is 14.2. The fourth-order valence-corrected chi connectivity index (χ4v) is 6.15. The number of nitrogens with one attached hydrogen (secondary N) is 1. The molecule has 5 heterocycles. The van der Waals surface area contributed by atoms with E-state index in [-0.39, 0.29) is 18.1 Å². The molecule has 2 atom stereocenters. The van der Waals surface area contributed by atoms with Gasteiger partial charge in [0.05, 0.1) is 24.3 Å². The summed E-state index contributed by atoms with van der Waals surface area (Å²) in [7, 11) is -3.13. The van der Waals surface area contributed by atoms with Crippen LogP contribution in [0, 0.1) is 0 Å². The highest BCUT2D eigenvalue weighted by molar-refractivity contribution is 7.88. The van der Waals surface area contributed by atoms with Crippen molar-refractivity contribution in [3.05, 3.63) is 24.8 Å². The lowest BCUT2D eigenvalue weighted by atomic mass is 9.99. The van der Waals surface area contributed by atoms with E-state index in [4.69, 9.17) is 0 Å². The maximum absolute atomic E-state index is 12.1. The molecule has 2 fully saturated rings. The van der Waals surface area contributed by atoms with E-state index in [2.05, 4.69) is 19.5 Å². The molecule has 0 amide bonds. The summed E-state index contributed by atoms with van der Waals surface area (Å²) >= 11 is 0. The number of hydrogen-bond acceptors (Lipinski definition) is 4. The second-order valence-electron chi connectivity index (χ2n) is 6.99. The summed E-state index contributed by atoms with van der Waals surface area (Å²) in [5.74, 6) is 0. The first-order valence-corrected chi connectivity index (χ1v) is 10.1. The summed E-state index contributed by atoms with van der Waals surface area (Å²) in [6.45, 7) is 0. The number of imidazole rings is 1. The first kappa shape index (κ1) is 14.4. The van der Waals surface area contributed by atoms with E-state index in [0.29, 0.717) is 0 Å². The van der Waals surface area contributed by atoms with Gasteiger partial charge in [0, 0.05) is 29.7 Å². The van der Waals surface area contributed by atoms with E-state index in [0.717, 1.165) is 47.8 Å². The average molecular weight is 345 g/mol. The summed E-state index contributed by atoms with van der Waals surface area (Å²) < 4.78 is 28.2. The number of hydrogen-bond donors (Lipinski definition) is 1. The van der Waals surface area contributed by atoms with Gasteiger partial charge < -0.3 is 9.55 Å². The van der Waals surface area contributed by atoms with Gasteiger partial charge in [-0.1, -0.05) is 0 Å². The SMILES string of the molecule is CS(=O)(=O)N1C2CCC1CC(n1cnc3cnc4[nH]ccc4c31)C2. The summed E-state index contributed by atoms with van der Waals surface area (Å²) in [4.78, 5) is 12.1. The lowest BCUT2D eigenvalue weighted by Gasteiger charge is -2.37. The minimum Gasteiger partial charge on any atom is -0.346 e. The molecular formula is C16H19N5O2S. The Morgan fingerprint density at radius 1 is 1.17 bits per heavy atom. The molecule has 24 heavy (non-hydrogen) atoms. The number of pyridine rings is 1. The van der Waals surface area contributed by atoms with Crippen molar-refractivity contribution in [2.24, 2.45) is 0 Å². The Balaban J connectivity index is 1.59. The lowest BCUT2D eigenvalue weighted by molar-refractivity contribution is 0.196. The second-order valence-corrected chi connectivity index (χ2v) is 8.87. The van der Waals surface area contributed by atoms with Crippen LogP contribution in [0.5, 0.6) is 0 Å². The monoisotopic (exact) mass is 345 g/mol. The van der Waals surface area contributed by atoms with E-state index in [1.54, 1.807) is 10.5 Å². The van der Waals surface area contributed by atoms with Crippen LogP contribution in [-0.4, -0.2) is 50.6 Å². The molecule has 0 spiro atoms. The number of H-pyrrole nitrogens is 1. The highest BCUT2D eigenvalue weighted by atomic mass is 32.2. The molecule has 0 aliphatic carbocycles. The number of nitrogens with zero attached hydrogens (tertiary/aromatic N) is 4. The van der Waals surface area contributed by atoms with E-state index in [1.165, 1.54) is 6.26 Å². The predicted molar refractivity (Wildman–Crippen MR) is 91.1 cm³/mol. The van der Waals surface area contributed by atoms with Gasteiger partial charge in [-0.25, -0.2) is 18.4 Å². The van der Waals surface area contributed by atoms with Crippen LogP contribution < -0.4 is 0 Å². The van der Waals surface area contributed by atoms with Gasteiger partial charge in [-0.2, -0.15) is 4.31 Å². The molecule has 126 valence electrons. The third-order valence-corrected chi connectivity index (χ3v) is 6.90. The van der Waals surface area contributed by atoms with Gasteiger partial charge in [-0.15, -0.1) is 0 Å². The summed E-state index contributed by atoms with van der Waals surface area (Å²) in [6.07, 6.45) is 10.5. The molecule has 1 N–H and O–H groups in total. The maximum atomic E-state index is 12.1. The van der Waals surface area contributed by atoms with Gasteiger partial charge in [0.15, 0.2) is 0 Å². The molecule has 2 saturated heterocycles. The predicted octanol–water partition coefficient (Wildman–Crippen LogP) is 2.04. The Hall–Kier alpha value is -1.93. The molecule has 3 aromatic heterocycles. The van der Waals surface area contributed by atoms with Gasteiger partial charge in [0.1, 0.15) is 11.2 Å². The van der Waals surface area contributed by atoms with Crippen LogP contribution in [0.4, 0.5) is 0 Å². The molecule has 7 nitrogen and oxygen atoms in total. The van der Waals surface area contributed by atoms with Crippen molar-refractivity contribution in [3.8, 4) is 0 Å². The highest BCUT2D eigenvalue weighted by Gasteiger charge is 2.45. The molecule has 2 unspecified atom stereocenters. The number of piperidine rings is 1. The number of aromatic amines is 1. The van der Waals surface area contributed by atoms with E-state index < -0.39 is 10.0 Å². The van der Waals surface area contributed by atoms with Crippen molar-refractivity contribution in [1.82, 2.24) is 23.8 Å². The zero-order chi connectivity index (χ0) is 16.5. The van der Waals surface area contributed by atoms with Crippen molar-refractivity contribution in [2.45, 2.75) is 43.8 Å². The summed E-state index contributed by atoms with van der Waals surface area (Å²) in [5, 5.41) is 1.07. The lowest BCUT2D eigenvalue weighted by Crippen LogP contribution is -2.46. The first-order chi connectivity index (χ1) is 11.5. The number of rotatable bonds is 2. The molecule has 3 aromatic rings. The molecule has 2 bridgehead atoms. The Bertz CT molecular complexity index is 1020. The highest BCUT2D eigenvalue weighted by Crippen LogP contribution is 2.43. The minimum atomic E-state index is -3.13. The van der Waals surface area contributed by atoms with Gasteiger partial charge in [-0.05, 0) is 31.7 Å². The van der Waals surface area contributed by atoms with Crippen LogP contribution in [0.1, 0.15) is 31.7 Å². The minimum absolute atomic E-state index is 0.116. The Morgan fingerprint density at radius 2 is 1.92 bits per heavy atom. The third kappa shape index (κ3) is 1.96. The molecule has 5 rings (SSSR count). The Morgan fingerprint density at radius 3 is 2.62 bits per heavy atom. The summed E-state index contributed by atoms with van der Waals surface area (Å²) in [6, 6.07) is 2.55. The van der Waals surface area contributed by atoms with Crippen LogP contribution in [0.15, 0.2) is 24.8 Å². The molecule has 2 aliphatic rings. The summed E-state index contributed by atoms with van der Waals surface area (Å²) in [5.41, 5.74) is 2.85. The van der Waals surface area contributed by atoms with Gasteiger partial charge in [-0.3, -0.25) is 0 Å². The van der Waals surface area contributed by atoms with Crippen LogP contribution in [-0.2, 0) is 10.0 Å². The maximum Gasteiger partial charge on any atom is 0.211 e. The average Bonchev–Trinajstić information content (AvgIpc) is 3.21. The van der Waals surface area contributed by atoms with E-state index >= 15 is 0 Å². The topological polar surface area (TPSA) is 83.9 Å². The quantitative estimate of drug-likeness (QED) is 0.770. The Kier molecular flexibility index (Phi) is 2.88. The molecule has 0 aromatic carbocycles. The van der Waals surface area contributed by atoms with E-state index in [1.807, 2.05) is 18.6 Å². The largest absolute Gasteiger partial charge is 0.346 e. The fraction of sp³-hybridized carbons (Fsp3) is 0.500. The van der Waals surface area contributed by atoms with Crippen LogP contribution in [0.2, 0.25) is 0 Å². The number of sulfonamides is 1. The molecular weight excluding hydrogens is 326 g/mol. The smallest absolute Gasteiger partial charge is 0.211 e. The molecule has 8 heteroatoms. The van der Waals surface area contributed by atoms with Crippen LogP contribution >= 0.6 is 0 Å². The third-order valence-electron chi connectivity index (χ3n) is 5.54. The van der Waals surface area contributed by atoms with E-state index in [9.17, 15) is 8.42 Å². The normalized spacial score (nSPS) is 28.1. The second kappa shape index (κ2) is 4.80. The van der Waals surface area contributed by atoms with Crippen molar-refractivity contribution in [3.63, 3.8) is 0 Å². The molecule has 0 radical (unpaired) electrons. The molecule has 0 saturated carbocycles. The van der Waals surface area contributed by atoms with Crippen molar-refractivity contribution in [2.75, 3.05) is 6.26 Å². The zero-order valence-electron chi connectivity index (χ0n) is 13.4. The first-order valence-electron chi connectivity index (χ1n) is 8.29.